The lowest BCUT2D eigenvalue weighted by atomic mass is 10.1. The van der Waals surface area contributed by atoms with Crippen LogP contribution < -0.4 is 9.64 Å². The minimum Gasteiger partial charge on any atom is -0.492 e. The number of carbonyl (C=O) groups is 1. The van der Waals surface area contributed by atoms with E-state index >= 15 is 0 Å². The zero-order chi connectivity index (χ0) is 18.7. The van der Waals surface area contributed by atoms with Gasteiger partial charge in [0.2, 0.25) is 0 Å². The highest BCUT2D eigenvalue weighted by atomic mass is 127. The van der Waals surface area contributed by atoms with Crippen molar-refractivity contribution in [2.75, 3.05) is 37.7 Å². The number of ether oxygens (including phenoxy) is 1. The van der Waals surface area contributed by atoms with Gasteiger partial charge in [-0.2, -0.15) is 0 Å². The number of amides is 1. The lowest BCUT2D eigenvalue weighted by molar-refractivity contribution is 0.0745. The molecule has 7 heteroatoms. The van der Waals surface area contributed by atoms with Crippen LogP contribution in [0.3, 0.4) is 0 Å². The number of para-hydroxylation sites is 2. The molecule has 0 saturated carbocycles. The third-order valence-electron chi connectivity index (χ3n) is 4.30. The van der Waals surface area contributed by atoms with Gasteiger partial charge in [-0.25, -0.2) is 0 Å². The van der Waals surface area contributed by atoms with Crippen LogP contribution in [0.25, 0.3) is 0 Å². The number of hydrogen-bond donors (Lipinski definition) is 0. The average Bonchev–Trinajstić information content (AvgIpc) is 2.65. The number of rotatable bonds is 4. The van der Waals surface area contributed by atoms with E-state index in [2.05, 4.69) is 33.6 Å². The summed E-state index contributed by atoms with van der Waals surface area (Å²) in [4.78, 5) is 17.0. The van der Waals surface area contributed by atoms with Crippen LogP contribution in [0.4, 0.5) is 5.69 Å². The molecule has 138 valence electrons. The summed E-state index contributed by atoms with van der Waals surface area (Å²) in [7, 11) is 0. The van der Waals surface area contributed by atoms with Gasteiger partial charge in [0.05, 0.1) is 22.9 Å². The molecule has 1 heterocycles. The first-order valence-electron chi connectivity index (χ1n) is 8.42. The normalized spacial score (nSPS) is 14.5. The number of benzene rings is 2. The van der Waals surface area contributed by atoms with Crippen LogP contribution in [-0.2, 0) is 0 Å². The van der Waals surface area contributed by atoms with Crippen molar-refractivity contribution >= 4 is 57.4 Å². The molecule has 3 rings (SSSR count). The van der Waals surface area contributed by atoms with Gasteiger partial charge in [0.25, 0.3) is 5.91 Å². The highest BCUT2D eigenvalue weighted by Gasteiger charge is 2.25. The SMILES string of the molecule is CCOc1ccccc1N1CCN(C(=O)c2cc(Cl)cc(Cl)c2I)CC1. The zero-order valence-electron chi connectivity index (χ0n) is 14.3. The zero-order valence-corrected chi connectivity index (χ0v) is 18.0. The molecule has 1 aliphatic heterocycles. The van der Waals surface area contributed by atoms with Gasteiger partial charge in [-0.1, -0.05) is 35.3 Å². The standard InChI is InChI=1S/C19H19Cl2IN2O2/c1-2-26-17-6-4-3-5-16(17)23-7-9-24(10-8-23)19(25)14-11-13(20)12-15(21)18(14)22/h3-6,11-12H,2,7-10H2,1H3. The van der Waals surface area contributed by atoms with Crippen LogP contribution in [0.2, 0.25) is 10.0 Å². The summed E-state index contributed by atoms with van der Waals surface area (Å²) in [6.07, 6.45) is 0. The van der Waals surface area contributed by atoms with Gasteiger partial charge in [0.15, 0.2) is 0 Å². The second-order valence-corrected chi connectivity index (χ2v) is 7.85. The van der Waals surface area contributed by atoms with Gasteiger partial charge in [0, 0.05) is 34.8 Å². The van der Waals surface area contributed by atoms with Crippen molar-refractivity contribution in [3.8, 4) is 5.75 Å². The Morgan fingerprint density at radius 2 is 1.85 bits per heavy atom. The molecule has 1 saturated heterocycles. The van der Waals surface area contributed by atoms with Crippen LogP contribution in [0, 0.1) is 3.57 Å². The molecule has 0 spiro atoms. The summed E-state index contributed by atoms with van der Waals surface area (Å²) in [5.41, 5.74) is 1.63. The number of nitrogens with zero attached hydrogens (tertiary/aromatic N) is 2. The molecule has 0 unspecified atom stereocenters. The fraction of sp³-hybridized carbons (Fsp3) is 0.316. The smallest absolute Gasteiger partial charge is 0.255 e. The number of halogens is 3. The summed E-state index contributed by atoms with van der Waals surface area (Å²) in [6, 6.07) is 11.4. The molecule has 0 N–H and O–H groups in total. The largest absolute Gasteiger partial charge is 0.492 e. The van der Waals surface area contributed by atoms with Gasteiger partial charge in [-0.05, 0) is 53.8 Å². The minimum atomic E-state index is -0.0310. The quantitative estimate of drug-likeness (QED) is 0.436. The highest BCUT2D eigenvalue weighted by Crippen LogP contribution is 2.30. The Hall–Kier alpha value is -1.18. The first-order valence-corrected chi connectivity index (χ1v) is 10.2. The van der Waals surface area contributed by atoms with Gasteiger partial charge >= 0.3 is 0 Å². The monoisotopic (exact) mass is 504 g/mol. The molecule has 4 nitrogen and oxygen atoms in total. The number of anilines is 1. The van der Waals surface area contributed by atoms with E-state index in [-0.39, 0.29) is 5.91 Å². The Labute approximate surface area is 177 Å². The molecule has 2 aromatic rings. The number of carbonyl (C=O) groups excluding carboxylic acids is 1. The van der Waals surface area contributed by atoms with Crippen molar-refractivity contribution in [1.82, 2.24) is 4.90 Å². The Morgan fingerprint density at radius 3 is 2.54 bits per heavy atom. The van der Waals surface area contributed by atoms with E-state index in [9.17, 15) is 4.79 Å². The fourth-order valence-corrected chi connectivity index (χ4v) is 4.06. The second kappa shape index (κ2) is 8.67. The first-order chi connectivity index (χ1) is 12.5. The maximum absolute atomic E-state index is 12.9. The maximum Gasteiger partial charge on any atom is 0.255 e. The molecule has 0 aromatic heterocycles. The van der Waals surface area contributed by atoms with Gasteiger partial charge < -0.3 is 14.5 Å². The molecule has 0 atom stereocenters. The molecule has 2 aromatic carbocycles. The highest BCUT2D eigenvalue weighted by molar-refractivity contribution is 14.1. The third kappa shape index (κ3) is 4.21. The van der Waals surface area contributed by atoms with E-state index in [1.807, 2.05) is 30.0 Å². The van der Waals surface area contributed by atoms with Crippen molar-refractivity contribution in [3.05, 3.63) is 55.6 Å². The Morgan fingerprint density at radius 1 is 1.15 bits per heavy atom. The van der Waals surface area contributed by atoms with E-state index in [1.54, 1.807) is 12.1 Å². The molecule has 1 fully saturated rings. The first kappa shape index (κ1) is 19.6. The lowest BCUT2D eigenvalue weighted by Crippen LogP contribution is -2.49. The average molecular weight is 505 g/mol. The summed E-state index contributed by atoms with van der Waals surface area (Å²) >= 11 is 14.3. The summed E-state index contributed by atoms with van der Waals surface area (Å²) in [5.74, 6) is 0.850. The van der Waals surface area contributed by atoms with Crippen LogP contribution in [0.15, 0.2) is 36.4 Å². The molecular weight excluding hydrogens is 486 g/mol. The maximum atomic E-state index is 12.9. The second-order valence-electron chi connectivity index (χ2n) is 5.93. The van der Waals surface area contributed by atoms with E-state index in [0.717, 1.165) is 28.1 Å². The van der Waals surface area contributed by atoms with Crippen LogP contribution >= 0.6 is 45.8 Å². The topological polar surface area (TPSA) is 32.8 Å². The van der Waals surface area contributed by atoms with E-state index < -0.39 is 0 Å². The van der Waals surface area contributed by atoms with Crippen molar-refractivity contribution in [1.29, 1.82) is 0 Å². The van der Waals surface area contributed by atoms with Crippen LogP contribution in [-0.4, -0.2) is 43.6 Å². The van der Waals surface area contributed by atoms with Gasteiger partial charge in [-0.15, -0.1) is 0 Å². The van der Waals surface area contributed by atoms with Gasteiger partial charge in [-0.3, -0.25) is 4.79 Å². The third-order valence-corrected chi connectivity index (χ3v) is 6.29. The Bertz CT molecular complexity index is 808. The van der Waals surface area contributed by atoms with E-state index in [1.165, 1.54) is 0 Å². The Balaban J connectivity index is 1.72. The Kier molecular flexibility index (Phi) is 6.53. The molecule has 1 amide bonds. The van der Waals surface area contributed by atoms with E-state index in [0.29, 0.717) is 35.3 Å². The molecule has 0 bridgehead atoms. The number of piperazine rings is 1. The van der Waals surface area contributed by atoms with E-state index in [4.69, 9.17) is 27.9 Å². The van der Waals surface area contributed by atoms with Crippen molar-refractivity contribution < 1.29 is 9.53 Å². The predicted octanol–water partition coefficient (Wildman–Crippen LogP) is 4.96. The van der Waals surface area contributed by atoms with Crippen molar-refractivity contribution in [2.45, 2.75) is 6.92 Å². The fourth-order valence-electron chi connectivity index (χ4n) is 3.03. The van der Waals surface area contributed by atoms with Crippen molar-refractivity contribution in [3.63, 3.8) is 0 Å². The molecule has 0 radical (unpaired) electrons. The summed E-state index contributed by atoms with van der Waals surface area (Å²) < 4.78 is 6.46. The molecule has 26 heavy (non-hydrogen) atoms. The predicted molar refractivity (Wildman–Crippen MR) is 115 cm³/mol. The molecule has 1 aliphatic rings. The number of hydrogen-bond acceptors (Lipinski definition) is 3. The van der Waals surface area contributed by atoms with Crippen LogP contribution in [0.1, 0.15) is 17.3 Å². The lowest BCUT2D eigenvalue weighted by Gasteiger charge is -2.37. The summed E-state index contributed by atoms with van der Waals surface area (Å²) in [6.45, 7) is 5.38. The van der Waals surface area contributed by atoms with Crippen LogP contribution in [0.5, 0.6) is 5.75 Å². The summed E-state index contributed by atoms with van der Waals surface area (Å²) in [5, 5.41) is 0.980. The van der Waals surface area contributed by atoms with Gasteiger partial charge in [0.1, 0.15) is 5.75 Å². The molecule has 0 aliphatic carbocycles. The minimum absolute atomic E-state index is 0.0310. The van der Waals surface area contributed by atoms with Crippen molar-refractivity contribution in [2.24, 2.45) is 0 Å². The molecular formula is C19H19Cl2IN2O2.